The molecule has 4 rings (SSSR count). The highest BCUT2D eigenvalue weighted by molar-refractivity contribution is 5.92. The van der Waals surface area contributed by atoms with Crippen molar-refractivity contribution in [2.45, 2.75) is 19.9 Å². The highest BCUT2D eigenvalue weighted by Crippen LogP contribution is 2.35. The first-order valence-corrected chi connectivity index (χ1v) is 10.5. The number of hydrogen-bond acceptors (Lipinski definition) is 6. The van der Waals surface area contributed by atoms with Gasteiger partial charge in [0.2, 0.25) is 0 Å². The highest BCUT2D eigenvalue weighted by atomic mass is 19.1. The van der Waals surface area contributed by atoms with E-state index in [1.807, 2.05) is 49.4 Å². The number of methoxy groups -OCH3 is 3. The average molecular weight is 448 g/mol. The molecule has 0 radical (unpaired) electrons. The monoisotopic (exact) mass is 447 g/mol. The molecule has 3 aromatic carbocycles. The Balaban J connectivity index is 1.70. The Morgan fingerprint density at radius 1 is 0.848 bits per heavy atom. The summed E-state index contributed by atoms with van der Waals surface area (Å²) in [5.41, 5.74) is 3.44. The van der Waals surface area contributed by atoms with Gasteiger partial charge < -0.3 is 19.5 Å². The van der Waals surface area contributed by atoms with Crippen molar-refractivity contribution in [3.63, 3.8) is 0 Å². The van der Waals surface area contributed by atoms with Crippen LogP contribution in [0.4, 0.5) is 10.2 Å². The summed E-state index contributed by atoms with van der Waals surface area (Å²) in [5, 5.41) is 4.33. The summed E-state index contributed by atoms with van der Waals surface area (Å²) < 4.78 is 30.1. The quantitative estimate of drug-likeness (QED) is 0.378. The van der Waals surface area contributed by atoms with Gasteiger partial charge in [-0.25, -0.2) is 14.4 Å². The molecule has 1 unspecified atom stereocenters. The van der Waals surface area contributed by atoms with Crippen LogP contribution in [-0.2, 0) is 0 Å². The van der Waals surface area contributed by atoms with Gasteiger partial charge >= 0.3 is 0 Å². The summed E-state index contributed by atoms with van der Waals surface area (Å²) in [6.07, 6.45) is 0. The zero-order valence-electron chi connectivity index (χ0n) is 19.3. The topological polar surface area (TPSA) is 65.5 Å². The highest BCUT2D eigenvalue weighted by Gasteiger charge is 2.15. The van der Waals surface area contributed by atoms with Gasteiger partial charge in [-0.3, -0.25) is 0 Å². The number of rotatable bonds is 7. The first-order valence-electron chi connectivity index (χ1n) is 10.5. The summed E-state index contributed by atoms with van der Waals surface area (Å²) >= 11 is 0. The van der Waals surface area contributed by atoms with E-state index in [9.17, 15) is 4.39 Å². The Hall–Kier alpha value is -3.87. The molecule has 0 saturated carbocycles. The largest absolute Gasteiger partial charge is 0.497 e. The van der Waals surface area contributed by atoms with Crippen molar-refractivity contribution in [3.8, 4) is 28.4 Å². The zero-order chi connectivity index (χ0) is 23.5. The molecule has 1 aromatic heterocycles. The number of fused-ring (bicyclic) bond motifs is 1. The Morgan fingerprint density at radius 3 is 2.33 bits per heavy atom. The Morgan fingerprint density at radius 2 is 1.61 bits per heavy atom. The third kappa shape index (κ3) is 4.67. The number of nitrogens with zero attached hydrogens (tertiary/aromatic N) is 2. The predicted molar refractivity (Wildman–Crippen MR) is 128 cm³/mol. The van der Waals surface area contributed by atoms with Crippen molar-refractivity contribution in [2.75, 3.05) is 26.6 Å². The van der Waals surface area contributed by atoms with Gasteiger partial charge in [0.15, 0.2) is 11.5 Å². The zero-order valence-corrected chi connectivity index (χ0v) is 19.3. The number of aromatic nitrogens is 2. The molecule has 0 saturated heterocycles. The second kappa shape index (κ2) is 9.32. The molecule has 33 heavy (non-hydrogen) atoms. The Kier molecular flexibility index (Phi) is 6.31. The van der Waals surface area contributed by atoms with Gasteiger partial charge in [-0.05, 0) is 54.8 Å². The third-order valence-electron chi connectivity index (χ3n) is 5.49. The Bertz CT molecular complexity index is 1310. The van der Waals surface area contributed by atoms with Crippen LogP contribution in [0.3, 0.4) is 0 Å². The first kappa shape index (κ1) is 22.3. The number of nitrogens with one attached hydrogen (secondary N) is 1. The molecule has 4 aromatic rings. The average Bonchev–Trinajstić information content (AvgIpc) is 2.82. The summed E-state index contributed by atoms with van der Waals surface area (Å²) in [5.74, 6) is 2.70. The molecular formula is C26H26FN3O3. The molecule has 1 atom stereocenters. The maximum absolute atomic E-state index is 14.0. The van der Waals surface area contributed by atoms with E-state index in [-0.39, 0.29) is 11.9 Å². The second-order valence-corrected chi connectivity index (χ2v) is 7.71. The van der Waals surface area contributed by atoms with Crippen LogP contribution in [0, 0.1) is 12.7 Å². The van der Waals surface area contributed by atoms with E-state index >= 15 is 0 Å². The lowest BCUT2D eigenvalue weighted by molar-refractivity contribution is 0.356. The smallest absolute Gasteiger partial charge is 0.162 e. The van der Waals surface area contributed by atoms with E-state index in [0.717, 1.165) is 27.6 Å². The van der Waals surface area contributed by atoms with Gasteiger partial charge in [-0.1, -0.05) is 18.2 Å². The van der Waals surface area contributed by atoms with Crippen LogP contribution in [0.25, 0.3) is 22.0 Å². The van der Waals surface area contributed by atoms with Gasteiger partial charge in [-0.2, -0.15) is 0 Å². The SMILES string of the molecule is COc1cc(F)cc(-c2cccc(C(C)Nc3nc(C)nc4cc(OC)c(OC)cc34)c2)c1. The molecule has 0 aliphatic heterocycles. The fourth-order valence-corrected chi connectivity index (χ4v) is 3.81. The van der Waals surface area contributed by atoms with Gasteiger partial charge in [0, 0.05) is 23.6 Å². The lowest BCUT2D eigenvalue weighted by Crippen LogP contribution is -2.10. The number of aryl methyl sites for hydroxylation is 1. The van der Waals surface area contributed by atoms with E-state index in [2.05, 4.69) is 22.2 Å². The normalized spacial score (nSPS) is 11.8. The minimum absolute atomic E-state index is 0.0778. The maximum Gasteiger partial charge on any atom is 0.162 e. The summed E-state index contributed by atoms with van der Waals surface area (Å²) in [7, 11) is 4.72. The van der Waals surface area contributed by atoms with Crippen molar-refractivity contribution < 1.29 is 18.6 Å². The lowest BCUT2D eigenvalue weighted by atomic mass is 9.99. The van der Waals surface area contributed by atoms with E-state index in [4.69, 9.17) is 14.2 Å². The maximum atomic E-state index is 14.0. The molecule has 0 aliphatic carbocycles. The van der Waals surface area contributed by atoms with Gasteiger partial charge in [0.05, 0.1) is 26.8 Å². The van der Waals surface area contributed by atoms with Gasteiger partial charge in [-0.15, -0.1) is 0 Å². The molecule has 0 fully saturated rings. The number of ether oxygens (including phenoxy) is 3. The van der Waals surface area contributed by atoms with Crippen molar-refractivity contribution in [1.29, 1.82) is 0 Å². The van der Waals surface area contributed by atoms with E-state index < -0.39 is 0 Å². The molecular weight excluding hydrogens is 421 g/mol. The van der Waals surface area contributed by atoms with Crippen LogP contribution in [0.15, 0.2) is 54.6 Å². The van der Waals surface area contributed by atoms with E-state index in [0.29, 0.717) is 28.9 Å². The van der Waals surface area contributed by atoms with E-state index in [1.54, 1.807) is 14.2 Å². The van der Waals surface area contributed by atoms with Crippen molar-refractivity contribution in [2.24, 2.45) is 0 Å². The number of hydrogen-bond donors (Lipinski definition) is 1. The molecule has 7 heteroatoms. The van der Waals surface area contributed by atoms with E-state index in [1.165, 1.54) is 19.2 Å². The lowest BCUT2D eigenvalue weighted by Gasteiger charge is -2.18. The van der Waals surface area contributed by atoms with Crippen LogP contribution in [0.5, 0.6) is 17.2 Å². The van der Waals surface area contributed by atoms with Crippen LogP contribution in [-0.4, -0.2) is 31.3 Å². The molecule has 1 heterocycles. The van der Waals surface area contributed by atoms with Crippen molar-refractivity contribution >= 4 is 16.7 Å². The molecule has 170 valence electrons. The van der Waals surface area contributed by atoms with Crippen molar-refractivity contribution in [3.05, 3.63) is 71.8 Å². The number of benzene rings is 3. The third-order valence-corrected chi connectivity index (χ3v) is 5.49. The van der Waals surface area contributed by atoms with Crippen LogP contribution in [0.2, 0.25) is 0 Å². The van der Waals surface area contributed by atoms with Gasteiger partial charge in [0.25, 0.3) is 0 Å². The fourth-order valence-electron chi connectivity index (χ4n) is 3.81. The predicted octanol–water partition coefficient (Wildman–Crippen LogP) is 5.94. The molecule has 0 spiro atoms. The number of halogens is 1. The Labute approximate surface area is 192 Å². The molecule has 1 N–H and O–H groups in total. The number of anilines is 1. The molecule has 0 bridgehead atoms. The first-order chi connectivity index (χ1) is 15.9. The summed E-state index contributed by atoms with van der Waals surface area (Å²) in [6, 6.07) is 16.3. The summed E-state index contributed by atoms with van der Waals surface area (Å²) in [4.78, 5) is 9.17. The molecule has 0 aliphatic rings. The van der Waals surface area contributed by atoms with Crippen molar-refractivity contribution in [1.82, 2.24) is 9.97 Å². The second-order valence-electron chi connectivity index (χ2n) is 7.71. The molecule has 0 amide bonds. The van der Waals surface area contributed by atoms with Crippen LogP contribution >= 0.6 is 0 Å². The standard InChI is InChI=1S/C26H26FN3O3/c1-15(17-7-6-8-18(9-17)19-10-20(27)12-21(11-19)31-3)28-26-22-13-24(32-4)25(33-5)14-23(22)29-16(2)30-26/h6-15H,1-5H3,(H,28,29,30). The van der Waals surface area contributed by atoms with Gasteiger partial charge in [0.1, 0.15) is 23.2 Å². The fraction of sp³-hybridized carbons (Fsp3) is 0.231. The van der Waals surface area contributed by atoms with Crippen LogP contribution < -0.4 is 19.5 Å². The minimum atomic E-state index is -0.340. The van der Waals surface area contributed by atoms with Crippen LogP contribution in [0.1, 0.15) is 24.4 Å². The molecule has 6 nitrogen and oxygen atoms in total. The summed E-state index contributed by atoms with van der Waals surface area (Å²) in [6.45, 7) is 3.90. The minimum Gasteiger partial charge on any atom is -0.497 e.